The third kappa shape index (κ3) is 3.66. The highest BCUT2D eigenvalue weighted by Gasteiger charge is 2.30. The second kappa shape index (κ2) is 7.68. The molecule has 1 saturated carbocycles. The van der Waals surface area contributed by atoms with Crippen molar-refractivity contribution in [2.24, 2.45) is 11.8 Å². The molecule has 1 N–H and O–H groups in total. The number of amides is 1. The van der Waals surface area contributed by atoms with Crippen molar-refractivity contribution in [3.05, 3.63) is 16.0 Å². The maximum atomic E-state index is 12.6. The molecule has 0 radical (unpaired) electrons. The molecule has 0 saturated heterocycles. The molecule has 3 rings (SSSR count). The fourth-order valence-electron chi connectivity index (χ4n) is 3.84. The van der Waals surface area contributed by atoms with E-state index in [0.717, 1.165) is 50.5 Å². The maximum absolute atomic E-state index is 12.6. The van der Waals surface area contributed by atoms with Gasteiger partial charge in [-0.25, -0.2) is 4.79 Å². The summed E-state index contributed by atoms with van der Waals surface area (Å²) in [6.07, 6.45) is 8.38. The number of anilines is 1. The Kier molecular flexibility index (Phi) is 5.59. The third-order valence-electron chi connectivity index (χ3n) is 5.20. The van der Waals surface area contributed by atoms with Crippen molar-refractivity contribution >= 4 is 28.2 Å². The van der Waals surface area contributed by atoms with E-state index in [4.69, 9.17) is 4.74 Å². The van der Waals surface area contributed by atoms with Crippen LogP contribution in [0, 0.1) is 11.8 Å². The lowest BCUT2D eigenvalue weighted by Gasteiger charge is -2.20. The standard InChI is InChI=1S/C19H27NO3S/c1-3-23-19(22)16-14-10-9-12(2)11-15(14)24-18(16)20-17(21)13-7-5-4-6-8-13/h12-13H,3-11H2,1-2H3,(H,20,21)/t12-/m1/s1. The van der Waals surface area contributed by atoms with Crippen LogP contribution in [0.5, 0.6) is 0 Å². The first-order valence-electron chi connectivity index (χ1n) is 9.22. The van der Waals surface area contributed by atoms with Gasteiger partial charge in [-0.1, -0.05) is 26.2 Å². The minimum atomic E-state index is -0.288. The van der Waals surface area contributed by atoms with Gasteiger partial charge in [0.1, 0.15) is 5.00 Å². The molecule has 24 heavy (non-hydrogen) atoms. The number of rotatable bonds is 4. The molecular formula is C19H27NO3S. The second-order valence-corrected chi connectivity index (χ2v) is 8.21. The van der Waals surface area contributed by atoms with Crippen molar-refractivity contribution in [1.29, 1.82) is 0 Å². The molecule has 5 heteroatoms. The van der Waals surface area contributed by atoms with Gasteiger partial charge in [0.15, 0.2) is 0 Å². The zero-order valence-corrected chi connectivity index (χ0v) is 15.5. The third-order valence-corrected chi connectivity index (χ3v) is 6.37. The van der Waals surface area contributed by atoms with Crippen LogP contribution in [0.4, 0.5) is 5.00 Å². The number of hydrogen-bond acceptors (Lipinski definition) is 4. The summed E-state index contributed by atoms with van der Waals surface area (Å²) in [5.41, 5.74) is 1.73. The monoisotopic (exact) mass is 349 g/mol. The summed E-state index contributed by atoms with van der Waals surface area (Å²) in [7, 11) is 0. The zero-order valence-electron chi connectivity index (χ0n) is 14.7. The molecule has 2 aliphatic carbocycles. The molecular weight excluding hydrogens is 322 g/mol. The van der Waals surface area contributed by atoms with Crippen molar-refractivity contribution in [2.45, 2.75) is 65.2 Å². The minimum Gasteiger partial charge on any atom is -0.462 e. The molecule has 1 heterocycles. The first kappa shape index (κ1) is 17.5. The number of fused-ring (bicyclic) bond motifs is 1. The van der Waals surface area contributed by atoms with Crippen molar-refractivity contribution in [3.63, 3.8) is 0 Å². The number of ether oxygens (including phenoxy) is 1. The zero-order chi connectivity index (χ0) is 17.1. The van der Waals surface area contributed by atoms with E-state index in [2.05, 4.69) is 12.2 Å². The van der Waals surface area contributed by atoms with Crippen LogP contribution in [-0.4, -0.2) is 18.5 Å². The molecule has 4 nitrogen and oxygen atoms in total. The Hall–Kier alpha value is -1.36. The maximum Gasteiger partial charge on any atom is 0.341 e. The van der Waals surface area contributed by atoms with E-state index in [0.29, 0.717) is 23.1 Å². The van der Waals surface area contributed by atoms with E-state index in [1.807, 2.05) is 6.92 Å². The van der Waals surface area contributed by atoms with Gasteiger partial charge in [0.05, 0.1) is 12.2 Å². The molecule has 1 aromatic rings. The van der Waals surface area contributed by atoms with Crippen LogP contribution in [0.25, 0.3) is 0 Å². The lowest BCUT2D eigenvalue weighted by Crippen LogP contribution is -2.25. The summed E-state index contributed by atoms with van der Waals surface area (Å²) in [5, 5.41) is 3.78. The summed E-state index contributed by atoms with van der Waals surface area (Å²) in [6, 6.07) is 0. The largest absolute Gasteiger partial charge is 0.462 e. The summed E-state index contributed by atoms with van der Waals surface area (Å²) in [4.78, 5) is 26.3. The van der Waals surface area contributed by atoms with Crippen LogP contribution in [0.1, 0.15) is 73.2 Å². The number of carbonyl (C=O) groups is 2. The fourth-order valence-corrected chi connectivity index (χ4v) is 5.24. The molecule has 1 fully saturated rings. The van der Waals surface area contributed by atoms with Gasteiger partial charge in [-0.2, -0.15) is 0 Å². The molecule has 0 unspecified atom stereocenters. The Labute approximate surface area is 148 Å². The predicted octanol–water partition coefficient (Wildman–Crippen LogP) is 4.57. The molecule has 1 aromatic heterocycles. The Balaban J connectivity index is 1.85. The quantitative estimate of drug-likeness (QED) is 0.810. The normalized spacial score (nSPS) is 21.2. The summed E-state index contributed by atoms with van der Waals surface area (Å²) in [5.74, 6) is 0.510. The topological polar surface area (TPSA) is 55.4 Å². The highest BCUT2D eigenvalue weighted by Crippen LogP contribution is 2.40. The molecule has 0 bridgehead atoms. The average Bonchev–Trinajstić information content (AvgIpc) is 2.92. The Bertz CT molecular complexity index is 616. The molecule has 2 aliphatic rings. The first-order valence-corrected chi connectivity index (χ1v) is 10.0. The van der Waals surface area contributed by atoms with Crippen LogP contribution in [0.2, 0.25) is 0 Å². The van der Waals surface area contributed by atoms with Crippen LogP contribution >= 0.6 is 11.3 Å². The summed E-state index contributed by atoms with van der Waals surface area (Å²) in [6.45, 7) is 4.42. The number of hydrogen-bond donors (Lipinski definition) is 1. The van der Waals surface area contributed by atoms with E-state index in [1.54, 1.807) is 11.3 Å². The highest BCUT2D eigenvalue weighted by atomic mass is 32.1. The van der Waals surface area contributed by atoms with Gasteiger partial charge < -0.3 is 10.1 Å². The minimum absolute atomic E-state index is 0.0758. The molecule has 0 spiro atoms. The molecule has 132 valence electrons. The SMILES string of the molecule is CCOC(=O)c1c(NC(=O)C2CCCCC2)sc2c1CC[C@@H](C)C2. The second-order valence-electron chi connectivity index (χ2n) is 7.10. The van der Waals surface area contributed by atoms with Crippen molar-refractivity contribution in [2.75, 3.05) is 11.9 Å². The Morgan fingerprint density at radius 1 is 1.21 bits per heavy atom. The lowest BCUT2D eigenvalue weighted by atomic mass is 9.88. The first-order chi connectivity index (χ1) is 11.6. The smallest absolute Gasteiger partial charge is 0.341 e. The van der Waals surface area contributed by atoms with Gasteiger partial charge in [-0.05, 0) is 50.5 Å². The lowest BCUT2D eigenvalue weighted by molar-refractivity contribution is -0.120. The predicted molar refractivity (Wildman–Crippen MR) is 96.7 cm³/mol. The molecule has 1 atom stereocenters. The molecule has 0 aromatic carbocycles. The van der Waals surface area contributed by atoms with E-state index in [1.165, 1.54) is 11.3 Å². The van der Waals surface area contributed by atoms with Gasteiger partial charge in [-0.3, -0.25) is 4.79 Å². The van der Waals surface area contributed by atoms with Crippen LogP contribution in [-0.2, 0) is 22.4 Å². The van der Waals surface area contributed by atoms with Gasteiger partial charge >= 0.3 is 5.97 Å². The Morgan fingerprint density at radius 2 is 1.96 bits per heavy atom. The van der Waals surface area contributed by atoms with Crippen LogP contribution < -0.4 is 5.32 Å². The number of thiophene rings is 1. The number of nitrogens with one attached hydrogen (secondary N) is 1. The van der Waals surface area contributed by atoms with E-state index in [-0.39, 0.29) is 17.8 Å². The summed E-state index contributed by atoms with van der Waals surface area (Å²) >= 11 is 1.58. The van der Waals surface area contributed by atoms with Gasteiger partial charge in [0.25, 0.3) is 0 Å². The fraction of sp³-hybridized carbons (Fsp3) is 0.684. The number of carbonyl (C=O) groups excluding carboxylic acids is 2. The summed E-state index contributed by atoms with van der Waals surface area (Å²) < 4.78 is 5.26. The average molecular weight is 349 g/mol. The van der Waals surface area contributed by atoms with Crippen LogP contribution in [0.15, 0.2) is 0 Å². The van der Waals surface area contributed by atoms with Crippen molar-refractivity contribution < 1.29 is 14.3 Å². The Morgan fingerprint density at radius 3 is 2.67 bits per heavy atom. The highest BCUT2D eigenvalue weighted by molar-refractivity contribution is 7.17. The molecule has 1 amide bonds. The van der Waals surface area contributed by atoms with E-state index in [9.17, 15) is 9.59 Å². The van der Waals surface area contributed by atoms with Gasteiger partial charge in [0, 0.05) is 10.8 Å². The van der Waals surface area contributed by atoms with Gasteiger partial charge in [0.2, 0.25) is 5.91 Å². The molecule has 0 aliphatic heterocycles. The number of esters is 1. The van der Waals surface area contributed by atoms with Crippen molar-refractivity contribution in [3.8, 4) is 0 Å². The van der Waals surface area contributed by atoms with Crippen molar-refractivity contribution in [1.82, 2.24) is 0 Å². The van der Waals surface area contributed by atoms with E-state index >= 15 is 0 Å². The van der Waals surface area contributed by atoms with Gasteiger partial charge in [-0.15, -0.1) is 11.3 Å². The van der Waals surface area contributed by atoms with E-state index < -0.39 is 0 Å². The van der Waals surface area contributed by atoms with Crippen LogP contribution in [0.3, 0.4) is 0 Å².